The predicted octanol–water partition coefficient (Wildman–Crippen LogP) is 1.11. The highest BCUT2D eigenvalue weighted by molar-refractivity contribution is 5.81. The molecule has 0 aromatic heterocycles. The van der Waals surface area contributed by atoms with Crippen molar-refractivity contribution < 1.29 is 4.79 Å². The number of rotatable bonds is 5. The SMILES string of the molecule is CCCC(C)(C)C(=O)NCNC. The van der Waals surface area contributed by atoms with E-state index in [1.54, 1.807) is 0 Å². The highest BCUT2D eigenvalue weighted by Gasteiger charge is 2.25. The summed E-state index contributed by atoms with van der Waals surface area (Å²) in [4.78, 5) is 11.5. The fourth-order valence-corrected chi connectivity index (χ4v) is 1.15. The fourth-order valence-electron chi connectivity index (χ4n) is 1.15. The van der Waals surface area contributed by atoms with Gasteiger partial charge in [-0.1, -0.05) is 27.2 Å². The highest BCUT2D eigenvalue weighted by Crippen LogP contribution is 2.21. The lowest BCUT2D eigenvalue weighted by Gasteiger charge is -2.22. The number of hydrogen-bond acceptors (Lipinski definition) is 2. The zero-order valence-electron chi connectivity index (χ0n) is 8.53. The van der Waals surface area contributed by atoms with Crippen molar-refractivity contribution in [3.05, 3.63) is 0 Å². The van der Waals surface area contributed by atoms with Gasteiger partial charge in [-0.2, -0.15) is 0 Å². The van der Waals surface area contributed by atoms with Gasteiger partial charge in [-0.15, -0.1) is 0 Å². The molecule has 0 bridgehead atoms. The van der Waals surface area contributed by atoms with Gasteiger partial charge in [0.25, 0.3) is 0 Å². The molecule has 0 fully saturated rings. The number of amides is 1. The van der Waals surface area contributed by atoms with Crippen LogP contribution in [0.4, 0.5) is 0 Å². The van der Waals surface area contributed by atoms with E-state index in [2.05, 4.69) is 17.6 Å². The van der Waals surface area contributed by atoms with Gasteiger partial charge in [0, 0.05) is 5.41 Å². The minimum absolute atomic E-state index is 0.124. The smallest absolute Gasteiger partial charge is 0.226 e. The molecule has 72 valence electrons. The Morgan fingerprint density at radius 3 is 2.42 bits per heavy atom. The second-order valence-electron chi connectivity index (χ2n) is 3.67. The van der Waals surface area contributed by atoms with E-state index < -0.39 is 0 Å². The van der Waals surface area contributed by atoms with E-state index in [1.165, 1.54) is 0 Å². The Balaban J connectivity index is 3.88. The van der Waals surface area contributed by atoms with Crippen LogP contribution in [0.1, 0.15) is 33.6 Å². The third kappa shape index (κ3) is 3.72. The third-order valence-corrected chi connectivity index (χ3v) is 1.92. The highest BCUT2D eigenvalue weighted by atomic mass is 16.2. The van der Waals surface area contributed by atoms with Gasteiger partial charge in [0.1, 0.15) is 0 Å². The van der Waals surface area contributed by atoms with E-state index in [1.807, 2.05) is 20.9 Å². The molecule has 3 nitrogen and oxygen atoms in total. The van der Waals surface area contributed by atoms with Crippen LogP contribution in [-0.2, 0) is 4.79 Å². The van der Waals surface area contributed by atoms with E-state index in [-0.39, 0.29) is 11.3 Å². The van der Waals surface area contributed by atoms with Crippen LogP contribution in [0.2, 0.25) is 0 Å². The molecule has 2 N–H and O–H groups in total. The summed E-state index contributed by atoms with van der Waals surface area (Å²) in [7, 11) is 1.81. The predicted molar refractivity (Wildman–Crippen MR) is 50.8 cm³/mol. The van der Waals surface area contributed by atoms with Gasteiger partial charge in [0.05, 0.1) is 6.67 Å². The number of nitrogens with one attached hydrogen (secondary N) is 2. The summed E-state index contributed by atoms with van der Waals surface area (Å²) in [5, 5.41) is 5.69. The third-order valence-electron chi connectivity index (χ3n) is 1.92. The summed E-state index contributed by atoms with van der Waals surface area (Å²) in [5.41, 5.74) is -0.231. The van der Waals surface area contributed by atoms with Gasteiger partial charge in [0.15, 0.2) is 0 Å². The number of carbonyl (C=O) groups excluding carboxylic acids is 1. The standard InChI is InChI=1S/C9H20N2O/c1-5-6-9(2,3)8(12)11-7-10-4/h10H,5-7H2,1-4H3,(H,11,12). The van der Waals surface area contributed by atoms with Crippen LogP contribution < -0.4 is 10.6 Å². The van der Waals surface area contributed by atoms with E-state index in [4.69, 9.17) is 0 Å². The molecule has 0 unspecified atom stereocenters. The zero-order valence-corrected chi connectivity index (χ0v) is 8.53. The molecular weight excluding hydrogens is 152 g/mol. The Kier molecular flexibility index (Phi) is 4.90. The molecule has 0 saturated carbocycles. The van der Waals surface area contributed by atoms with Crippen molar-refractivity contribution in [2.24, 2.45) is 5.41 Å². The first-order chi connectivity index (χ1) is 5.54. The van der Waals surface area contributed by atoms with Gasteiger partial charge >= 0.3 is 0 Å². The minimum Gasteiger partial charge on any atom is -0.343 e. The average Bonchev–Trinajstić information content (AvgIpc) is 2.00. The first-order valence-corrected chi connectivity index (χ1v) is 4.47. The Bertz CT molecular complexity index is 143. The average molecular weight is 172 g/mol. The quantitative estimate of drug-likeness (QED) is 0.610. The first-order valence-electron chi connectivity index (χ1n) is 4.47. The maximum Gasteiger partial charge on any atom is 0.226 e. The van der Waals surface area contributed by atoms with Gasteiger partial charge in [-0.25, -0.2) is 0 Å². The van der Waals surface area contributed by atoms with Gasteiger partial charge in [-0.3, -0.25) is 4.79 Å². The second kappa shape index (κ2) is 5.14. The summed E-state index contributed by atoms with van der Waals surface area (Å²) < 4.78 is 0. The Morgan fingerprint density at radius 2 is 2.00 bits per heavy atom. The van der Waals surface area contributed by atoms with Crippen LogP contribution in [-0.4, -0.2) is 19.6 Å². The monoisotopic (exact) mass is 172 g/mol. The molecule has 0 aromatic carbocycles. The largest absolute Gasteiger partial charge is 0.343 e. The van der Waals surface area contributed by atoms with Crippen molar-refractivity contribution in [2.75, 3.05) is 13.7 Å². The summed E-state index contributed by atoms with van der Waals surface area (Å²) in [5.74, 6) is 0.124. The van der Waals surface area contributed by atoms with E-state index in [9.17, 15) is 4.79 Å². The molecule has 0 heterocycles. The maximum absolute atomic E-state index is 11.5. The van der Waals surface area contributed by atoms with Crippen LogP contribution in [0.3, 0.4) is 0 Å². The van der Waals surface area contributed by atoms with Gasteiger partial charge in [0.2, 0.25) is 5.91 Å². The fraction of sp³-hybridized carbons (Fsp3) is 0.889. The second-order valence-corrected chi connectivity index (χ2v) is 3.67. The Hall–Kier alpha value is -0.570. The van der Waals surface area contributed by atoms with Crippen LogP contribution in [0.25, 0.3) is 0 Å². The Morgan fingerprint density at radius 1 is 1.42 bits per heavy atom. The summed E-state index contributed by atoms with van der Waals surface area (Å²) in [6, 6.07) is 0. The molecule has 12 heavy (non-hydrogen) atoms. The molecule has 0 aliphatic carbocycles. The molecule has 0 atom stereocenters. The topological polar surface area (TPSA) is 41.1 Å². The summed E-state index contributed by atoms with van der Waals surface area (Å²) in [6.07, 6.45) is 1.97. The van der Waals surface area contributed by atoms with E-state index in [0.717, 1.165) is 12.8 Å². The molecule has 3 heteroatoms. The molecule has 1 amide bonds. The van der Waals surface area contributed by atoms with Crippen LogP contribution in [0, 0.1) is 5.41 Å². The summed E-state index contributed by atoms with van der Waals surface area (Å²) in [6.45, 7) is 6.59. The van der Waals surface area contributed by atoms with Crippen molar-refractivity contribution in [1.82, 2.24) is 10.6 Å². The lowest BCUT2D eigenvalue weighted by Crippen LogP contribution is -2.40. The Labute approximate surface area is 74.9 Å². The maximum atomic E-state index is 11.5. The minimum atomic E-state index is -0.231. The van der Waals surface area contributed by atoms with E-state index in [0.29, 0.717) is 6.67 Å². The molecule has 0 radical (unpaired) electrons. The molecule has 0 aliphatic rings. The number of carbonyl (C=O) groups is 1. The normalized spacial score (nSPS) is 11.3. The van der Waals surface area contributed by atoms with Crippen molar-refractivity contribution in [3.63, 3.8) is 0 Å². The van der Waals surface area contributed by atoms with Gasteiger partial charge < -0.3 is 10.6 Å². The van der Waals surface area contributed by atoms with Crippen LogP contribution in [0.5, 0.6) is 0 Å². The molecule has 0 spiro atoms. The van der Waals surface area contributed by atoms with Crippen LogP contribution >= 0.6 is 0 Å². The molecule has 0 aromatic rings. The van der Waals surface area contributed by atoms with Crippen molar-refractivity contribution >= 4 is 5.91 Å². The van der Waals surface area contributed by atoms with Crippen molar-refractivity contribution in [2.45, 2.75) is 33.6 Å². The molecular formula is C9H20N2O. The molecule has 0 aliphatic heterocycles. The van der Waals surface area contributed by atoms with Crippen molar-refractivity contribution in [3.8, 4) is 0 Å². The summed E-state index contributed by atoms with van der Waals surface area (Å²) >= 11 is 0. The van der Waals surface area contributed by atoms with E-state index >= 15 is 0 Å². The van der Waals surface area contributed by atoms with Gasteiger partial charge in [-0.05, 0) is 13.5 Å². The lowest BCUT2D eigenvalue weighted by atomic mass is 9.87. The number of hydrogen-bond donors (Lipinski definition) is 2. The first kappa shape index (κ1) is 11.4. The lowest BCUT2D eigenvalue weighted by molar-refractivity contribution is -0.129. The molecule has 0 saturated heterocycles. The van der Waals surface area contributed by atoms with Crippen molar-refractivity contribution in [1.29, 1.82) is 0 Å². The molecule has 0 rings (SSSR count). The van der Waals surface area contributed by atoms with Crippen LogP contribution in [0.15, 0.2) is 0 Å². The zero-order chi connectivity index (χ0) is 9.61.